The molecule has 4 heteroatoms. The van der Waals surface area contributed by atoms with E-state index >= 15 is 0 Å². The fourth-order valence-electron chi connectivity index (χ4n) is 4.66. The van der Waals surface area contributed by atoms with Crippen LogP contribution in [0.4, 0.5) is 0 Å². The lowest BCUT2D eigenvalue weighted by molar-refractivity contribution is -0.183. The first-order valence-electron chi connectivity index (χ1n) is 6.34. The van der Waals surface area contributed by atoms with E-state index in [9.17, 15) is 9.59 Å². The number of rotatable bonds is 2. The van der Waals surface area contributed by atoms with Crippen LogP contribution in [-0.4, -0.2) is 26.2 Å². The number of ether oxygens (including phenoxy) is 2. The number of esters is 2. The highest BCUT2D eigenvalue weighted by Gasteiger charge is 2.67. The fraction of sp³-hybridized carbons (Fsp3) is 0.846. The van der Waals surface area contributed by atoms with Gasteiger partial charge in [0.1, 0.15) is 0 Å². The molecule has 6 unspecified atom stereocenters. The molecule has 6 atom stereocenters. The zero-order valence-corrected chi connectivity index (χ0v) is 10.2. The predicted octanol–water partition coefficient (Wildman–Crippen LogP) is 1.24. The van der Waals surface area contributed by atoms with E-state index in [0.717, 1.165) is 0 Å². The van der Waals surface area contributed by atoms with Crippen molar-refractivity contribution < 1.29 is 19.1 Å². The molecule has 3 aliphatic rings. The molecule has 0 amide bonds. The van der Waals surface area contributed by atoms with Gasteiger partial charge in [-0.1, -0.05) is 0 Å². The summed E-state index contributed by atoms with van der Waals surface area (Å²) in [6, 6.07) is 0. The summed E-state index contributed by atoms with van der Waals surface area (Å²) in [5.74, 6) is 1.09. The fourth-order valence-corrected chi connectivity index (χ4v) is 4.66. The van der Waals surface area contributed by atoms with Crippen molar-refractivity contribution in [3.05, 3.63) is 0 Å². The lowest BCUT2D eigenvalue weighted by Gasteiger charge is -2.51. The Labute approximate surface area is 101 Å². The van der Waals surface area contributed by atoms with Crippen LogP contribution in [0.15, 0.2) is 0 Å². The minimum absolute atomic E-state index is 0.228. The molecule has 2 bridgehead atoms. The van der Waals surface area contributed by atoms with Crippen LogP contribution >= 0.6 is 0 Å². The Bertz CT molecular complexity index is 330. The molecule has 4 nitrogen and oxygen atoms in total. The van der Waals surface area contributed by atoms with Gasteiger partial charge >= 0.3 is 11.9 Å². The molecular weight excluding hydrogens is 220 g/mol. The van der Waals surface area contributed by atoms with Gasteiger partial charge in [0.25, 0.3) is 0 Å². The number of methoxy groups -OCH3 is 2. The highest BCUT2D eigenvalue weighted by Crippen LogP contribution is 2.66. The largest absolute Gasteiger partial charge is 0.469 e. The highest BCUT2D eigenvalue weighted by molar-refractivity contribution is 5.85. The molecule has 0 radical (unpaired) electrons. The molecule has 0 spiro atoms. The third-order valence-electron chi connectivity index (χ3n) is 5.21. The summed E-state index contributed by atoms with van der Waals surface area (Å²) in [6.07, 6.45) is 3.62. The summed E-state index contributed by atoms with van der Waals surface area (Å²) in [4.78, 5) is 23.6. The van der Waals surface area contributed by atoms with E-state index in [0.29, 0.717) is 23.7 Å². The third-order valence-corrected chi connectivity index (χ3v) is 5.21. The van der Waals surface area contributed by atoms with Crippen molar-refractivity contribution in [1.29, 1.82) is 0 Å². The summed E-state index contributed by atoms with van der Waals surface area (Å²) >= 11 is 0. The first kappa shape index (κ1) is 11.1. The predicted molar refractivity (Wildman–Crippen MR) is 58.8 cm³/mol. The Morgan fingerprint density at radius 2 is 1.29 bits per heavy atom. The van der Waals surface area contributed by atoms with Crippen molar-refractivity contribution >= 4 is 11.9 Å². The molecule has 3 saturated carbocycles. The maximum Gasteiger partial charge on any atom is 0.309 e. The van der Waals surface area contributed by atoms with Crippen LogP contribution in [-0.2, 0) is 19.1 Å². The normalized spacial score (nSPS) is 46.0. The summed E-state index contributed by atoms with van der Waals surface area (Å²) < 4.78 is 9.70. The molecule has 0 saturated heterocycles. The maximum atomic E-state index is 11.8. The Kier molecular flexibility index (Phi) is 2.42. The third kappa shape index (κ3) is 1.30. The molecule has 94 valence electrons. The molecule has 0 aromatic heterocycles. The SMILES string of the molecule is COC(=O)C1C(C(=O)OC)C2C3CCC(C3)C12. The maximum absolute atomic E-state index is 11.8. The summed E-state index contributed by atoms with van der Waals surface area (Å²) in [7, 11) is 2.80. The van der Waals surface area contributed by atoms with Crippen molar-refractivity contribution in [2.45, 2.75) is 19.3 Å². The first-order valence-corrected chi connectivity index (χ1v) is 6.34. The van der Waals surface area contributed by atoms with E-state index in [1.54, 1.807) is 0 Å². The van der Waals surface area contributed by atoms with Gasteiger partial charge in [0.05, 0.1) is 26.1 Å². The molecule has 17 heavy (non-hydrogen) atoms. The first-order chi connectivity index (χ1) is 8.19. The van der Waals surface area contributed by atoms with Crippen LogP contribution in [0.3, 0.4) is 0 Å². The van der Waals surface area contributed by atoms with Gasteiger partial charge < -0.3 is 9.47 Å². The van der Waals surface area contributed by atoms with E-state index in [4.69, 9.17) is 9.47 Å². The second kappa shape index (κ2) is 3.72. The molecule has 3 aliphatic carbocycles. The zero-order valence-electron chi connectivity index (χ0n) is 10.2. The van der Waals surface area contributed by atoms with Gasteiger partial charge in [0.15, 0.2) is 0 Å². The second-order valence-corrected chi connectivity index (χ2v) is 5.59. The van der Waals surface area contributed by atoms with E-state index < -0.39 is 0 Å². The van der Waals surface area contributed by atoms with Gasteiger partial charge in [-0.25, -0.2) is 0 Å². The summed E-state index contributed by atoms with van der Waals surface area (Å²) in [5.41, 5.74) is 0. The minimum Gasteiger partial charge on any atom is -0.469 e. The monoisotopic (exact) mass is 238 g/mol. The van der Waals surface area contributed by atoms with Crippen molar-refractivity contribution in [3.8, 4) is 0 Å². The van der Waals surface area contributed by atoms with Gasteiger partial charge in [-0.2, -0.15) is 0 Å². The average molecular weight is 238 g/mol. The number of hydrogen-bond acceptors (Lipinski definition) is 4. The number of fused-ring (bicyclic) bond motifs is 5. The molecule has 0 aromatic rings. The second-order valence-electron chi connectivity index (χ2n) is 5.59. The molecular formula is C13H18O4. The minimum atomic E-state index is -0.243. The number of carbonyl (C=O) groups is 2. The van der Waals surface area contributed by atoms with Crippen molar-refractivity contribution in [2.24, 2.45) is 35.5 Å². The zero-order chi connectivity index (χ0) is 12.2. The van der Waals surface area contributed by atoms with Gasteiger partial charge in [0, 0.05) is 0 Å². The topological polar surface area (TPSA) is 52.6 Å². The standard InChI is InChI=1S/C13H18O4/c1-16-12(14)10-8-6-3-4-7(5-6)9(8)11(10)13(15)17-2/h6-11H,3-5H2,1-2H3. The number of hydrogen-bond donors (Lipinski definition) is 0. The van der Waals surface area contributed by atoms with E-state index in [1.807, 2.05) is 0 Å². The summed E-state index contributed by atoms with van der Waals surface area (Å²) in [6.45, 7) is 0. The molecule has 3 rings (SSSR count). The van der Waals surface area contributed by atoms with Gasteiger partial charge in [-0.15, -0.1) is 0 Å². The van der Waals surface area contributed by atoms with Crippen LogP contribution < -0.4 is 0 Å². The van der Waals surface area contributed by atoms with E-state index in [2.05, 4.69) is 0 Å². The Balaban J connectivity index is 1.86. The van der Waals surface area contributed by atoms with Crippen molar-refractivity contribution in [1.82, 2.24) is 0 Å². The average Bonchev–Trinajstić information content (AvgIpc) is 2.86. The van der Waals surface area contributed by atoms with Crippen molar-refractivity contribution in [2.75, 3.05) is 14.2 Å². The van der Waals surface area contributed by atoms with Crippen LogP contribution in [0.1, 0.15) is 19.3 Å². The molecule has 0 N–H and O–H groups in total. The quantitative estimate of drug-likeness (QED) is 0.679. The van der Waals surface area contributed by atoms with Crippen LogP contribution in [0.2, 0.25) is 0 Å². The molecule has 0 heterocycles. The summed E-state index contributed by atoms with van der Waals surface area (Å²) in [5, 5.41) is 0. The Morgan fingerprint density at radius 1 is 0.882 bits per heavy atom. The Hall–Kier alpha value is -1.06. The number of carbonyl (C=O) groups excluding carboxylic acids is 2. The van der Waals surface area contributed by atoms with Gasteiger partial charge in [-0.05, 0) is 42.9 Å². The van der Waals surface area contributed by atoms with Crippen LogP contribution in [0.5, 0.6) is 0 Å². The van der Waals surface area contributed by atoms with Crippen molar-refractivity contribution in [3.63, 3.8) is 0 Å². The van der Waals surface area contributed by atoms with E-state index in [-0.39, 0.29) is 23.8 Å². The van der Waals surface area contributed by atoms with Gasteiger partial charge in [0.2, 0.25) is 0 Å². The van der Waals surface area contributed by atoms with E-state index in [1.165, 1.54) is 33.5 Å². The van der Waals surface area contributed by atoms with Gasteiger partial charge in [-0.3, -0.25) is 9.59 Å². The molecule has 0 aromatic carbocycles. The molecule has 0 aliphatic heterocycles. The van der Waals surface area contributed by atoms with Crippen LogP contribution in [0.25, 0.3) is 0 Å². The Morgan fingerprint density at radius 3 is 1.65 bits per heavy atom. The molecule has 3 fully saturated rings. The highest BCUT2D eigenvalue weighted by atomic mass is 16.5. The lowest BCUT2D eigenvalue weighted by Crippen LogP contribution is -2.57. The lowest BCUT2D eigenvalue weighted by atomic mass is 9.52. The smallest absolute Gasteiger partial charge is 0.309 e. The van der Waals surface area contributed by atoms with Crippen LogP contribution in [0, 0.1) is 35.5 Å².